The molecular weight excluding hydrogens is 292 g/mol. The summed E-state index contributed by atoms with van der Waals surface area (Å²) in [5.41, 5.74) is 0.970. The lowest BCUT2D eigenvalue weighted by Crippen LogP contribution is -2.42. The van der Waals surface area contributed by atoms with Gasteiger partial charge in [0.05, 0.1) is 24.3 Å². The number of morpholine rings is 1. The van der Waals surface area contributed by atoms with Gasteiger partial charge in [0.1, 0.15) is 0 Å². The molecule has 1 saturated heterocycles. The lowest BCUT2D eigenvalue weighted by Gasteiger charge is -2.28. The van der Waals surface area contributed by atoms with Gasteiger partial charge < -0.3 is 15.0 Å². The molecular formula is C18H24N2O3. The van der Waals surface area contributed by atoms with Crippen LogP contribution in [0.15, 0.2) is 24.3 Å². The van der Waals surface area contributed by atoms with Gasteiger partial charge in [0.2, 0.25) is 0 Å². The van der Waals surface area contributed by atoms with Crippen LogP contribution in [0.4, 0.5) is 0 Å². The highest BCUT2D eigenvalue weighted by Gasteiger charge is 2.24. The van der Waals surface area contributed by atoms with Crippen molar-refractivity contribution in [2.24, 2.45) is 0 Å². The number of benzene rings is 1. The number of nitrogens with zero attached hydrogens (tertiary/aromatic N) is 1. The Morgan fingerprint density at radius 2 is 1.65 bits per heavy atom. The highest BCUT2D eigenvalue weighted by atomic mass is 16.5. The van der Waals surface area contributed by atoms with E-state index in [4.69, 9.17) is 4.74 Å². The zero-order valence-electron chi connectivity index (χ0n) is 13.4. The van der Waals surface area contributed by atoms with Crippen LogP contribution in [-0.2, 0) is 4.74 Å². The lowest BCUT2D eigenvalue weighted by atomic mass is 9.95. The summed E-state index contributed by atoms with van der Waals surface area (Å²) in [4.78, 5) is 27.1. The molecule has 5 nitrogen and oxygen atoms in total. The molecule has 2 fully saturated rings. The van der Waals surface area contributed by atoms with Crippen LogP contribution < -0.4 is 5.32 Å². The molecule has 0 bridgehead atoms. The Bertz CT molecular complexity index is 561. The first-order valence-corrected chi connectivity index (χ1v) is 8.52. The zero-order chi connectivity index (χ0) is 16.1. The first-order chi connectivity index (χ1) is 11.3. The molecule has 0 radical (unpaired) electrons. The van der Waals surface area contributed by atoms with Gasteiger partial charge in [-0.05, 0) is 25.0 Å². The maximum absolute atomic E-state index is 12.7. The smallest absolute Gasteiger partial charge is 0.254 e. The third-order valence-corrected chi connectivity index (χ3v) is 4.64. The van der Waals surface area contributed by atoms with Crippen LogP contribution in [0, 0.1) is 0 Å². The van der Waals surface area contributed by atoms with Crippen molar-refractivity contribution in [3.05, 3.63) is 35.4 Å². The summed E-state index contributed by atoms with van der Waals surface area (Å²) in [7, 11) is 0. The van der Waals surface area contributed by atoms with Crippen LogP contribution in [0.25, 0.3) is 0 Å². The molecule has 3 rings (SSSR count). The molecule has 1 aromatic rings. The second kappa shape index (κ2) is 7.59. The third kappa shape index (κ3) is 3.91. The predicted octanol–water partition coefficient (Wildman–Crippen LogP) is 2.22. The maximum atomic E-state index is 12.7. The largest absolute Gasteiger partial charge is 0.378 e. The summed E-state index contributed by atoms with van der Waals surface area (Å²) in [6, 6.07) is 7.35. The van der Waals surface area contributed by atoms with Gasteiger partial charge in [0, 0.05) is 19.1 Å². The van der Waals surface area contributed by atoms with E-state index >= 15 is 0 Å². The Morgan fingerprint density at radius 3 is 2.35 bits per heavy atom. The van der Waals surface area contributed by atoms with Gasteiger partial charge in [-0.3, -0.25) is 9.59 Å². The van der Waals surface area contributed by atoms with E-state index in [1.54, 1.807) is 17.0 Å². The van der Waals surface area contributed by atoms with Gasteiger partial charge in [0.15, 0.2) is 0 Å². The minimum Gasteiger partial charge on any atom is -0.378 e. The quantitative estimate of drug-likeness (QED) is 0.930. The van der Waals surface area contributed by atoms with Crippen LogP contribution >= 0.6 is 0 Å². The minimum absolute atomic E-state index is 0.0808. The molecule has 23 heavy (non-hydrogen) atoms. The molecule has 2 amide bonds. The fraction of sp³-hybridized carbons (Fsp3) is 0.556. The molecule has 1 aromatic carbocycles. The molecule has 1 heterocycles. The average molecular weight is 316 g/mol. The molecule has 5 heteroatoms. The number of carbonyl (C=O) groups excluding carboxylic acids is 2. The number of ether oxygens (including phenoxy) is 1. The Morgan fingerprint density at radius 1 is 1.00 bits per heavy atom. The summed E-state index contributed by atoms with van der Waals surface area (Å²) in [5, 5.41) is 3.10. The summed E-state index contributed by atoms with van der Waals surface area (Å²) >= 11 is 0. The van der Waals surface area contributed by atoms with E-state index in [0.29, 0.717) is 37.4 Å². The monoisotopic (exact) mass is 316 g/mol. The van der Waals surface area contributed by atoms with Crippen molar-refractivity contribution in [3.8, 4) is 0 Å². The second-order valence-corrected chi connectivity index (χ2v) is 6.26. The van der Waals surface area contributed by atoms with E-state index in [9.17, 15) is 9.59 Å². The Labute approximate surface area is 137 Å². The Balaban J connectivity index is 1.73. The molecule has 1 saturated carbocycles. The topological polar surface area (TPSA) is 58.6 Å². The summed E-state index contributed by atoms with van der Waals surface area (Å²) in [5.74, 6) is -0.211. The van der Waals surface area contributed by atoms with Crippen LogP contribution in [-0.4, -0.2) is 49.1 Å². The number of hydrogen-bond donors (Lipinski definition) is 1. The van der Waals surface area contributed by atoms with Gasteiger partial charge in [-0.2, -0.15) is 0 Å². The Hall–Kier alpha value is -1.88. The van der Waals surface area contributed by atoms with Gasteiger partial charge >= 0.3 is 0 Å². The fourth-order valence-corrected chi connectivity index (χ4v) is 3.31. The van der Waals surface area contributed by atoms with Crippen LogP contribution in [0.5, 0.6) is 0 Å². The third-order valence-electron chi connectivity index (χ3n) is 4.64. The zero-order valence-corrected chi connectivity index (χ0v) is 13.4. The van der Waals surface area contributed by atoms with Crippen molar-refractivity contribution in [2.75, 3.05) is 26.3 Å². The van der Waals surface area contributed by atoms with Crippen LogP contribution in [0.1, 0.15) is 52.8 Å². The highest BCUT2D eigenvalue weighted by molar-refractivity contribution is 6.07. The second-order valence-electron chi connectivity index (χ2n) is 6.26. The summed E-state index contributed by atoms with van der Waals surface area (Å²) in [6.45, 7) is 2.28. The number of rotatable bonds is 3. The molecule has 2 aliphatic rings. The molecule has 1 aliphatic heterocycles. The average Bonchev–Trinajstić information content (AvgIpc) is 2.62. The molecule has 0 unspecified atom stereocenters. The van der Waals surface area contributed by atoms with E-state index < -0.39 is 0 Å². The molecule has 0 atom stereocenters. The van der Waals surface area contributed by atoms with E-state index in [1.807, 2.05) is 12.1 Å². The van der Waals surface area contributed by atoms with E-state index in [1.165, 1.54) is 19.3 Å². The van der Waals surface area contributed by atoms with Crippen molar-refractivity contribution in [1.29, 1.82) is 0 Å². The SMILES string of the molecule is O=C(NC1CCCCC1)c1ccccc1C(=O)N1CCOCC1. The van der Waals surface area contributed by atoms with Crippen molar-refractivity contribution in [2.45, 2.75) is 38.1 Å². The number of amides is 2. The molecule has 1 aliphatic carbocycles. The molecule has 1 N–H and O–H groups in total. The van der Waals surface area contributed by atoms with Crippen molar-refractivity contribution >= 4 is 11.8 Å². The fourth-order valence-electron chi connectivity index (χ4n) is 3.31. The molecule has 0 spiro atoms. The number of carbonyl (C=O) groups is 2. The van der Waals surface area contributed by atoms with Crippen molar-refractivity contribution < 1.29 is 14.3 Å². The summed E-state index contributed by atoms with van der Waals surface area (Å²) in [6.07, 6.45) is 5.65. The lowest BCUT2D eigenvalue weighted by molar-refractivity contribution is 0.0301. The normalized spacial score (nSPS) is 19.4. The van der Waals surface area contributed by atoms with E-state index in [0.717, 1.165) is 12.8 Å². The van der Waals surface area contributed by atoms with E-state index in [-0.39, 0.29) is 17.9 Å². The molecule has 0 aromatic heterocycles. The number of nitrogens with one attached hydrogen (secondary N) is 1. The van der Waals surface area contributed by atoms with Gasteiger partial charge in [-0.25, -0.2) is 0 Å². The minimum atomic E-state index is -0.130. The first kappa shape index (κ1) is 16.0. The summed E-state index contributed by atoms with van der Waals surface area (Å²) < 4.78 is 5.29. The van der Waals surface area contributed by atoms with Gasteiger partial charge in [-0.15, -0.1) is 0 Å². The first-order valence-electron chi connectivity index (χ1n) is 8.52. The van der Waals surface area contributed by atoms with Gasteiger partial charge in [0.25, 0.3) is 11.8 Å². The Kier molecular flexibility index (Phi) is 5.28. The number of hydrogen-bond acceptors (Lipinski definition) is 3. The maximum Gasteiger partial charge on any atom is 0.254 e. The van der Waals surface area contributed by atoms with E-state index in [2.05, 4.69) is 5.32 Å². The van der Waals surface area contributed by atoms with Crippen molar-refractivity contribution in [3.63, 3.8) is 0 Å². The van der Waals surface area contributed by atoms with Crippen LogP contribution in [0.2, 0.25) is 0 Å². The van der Waals surface area contributed by atoms with Crippen molar-refractivity contribution in [1.82, 2.24) is 10.2 Å². The predicted molar refractivity (Wildman–Crippen MR) is 87.5 cm³/mol. The molecule has 124 valence electrons. The highest BCUT2D eigenvalue weighted by Crippen LogP contribution is 2.19. The van der Waals surface area contributed by atoms with Crippen LogP contribution in [0.3, 0.4) is 0 Å². The standard InChI is InChI=1S/C18H24N2O3/c21-17(19-14-6-2-1-3-7-14)15-8-4-5-9-16(15)18(22)20-10-12-23-13-11-20/h4-5,8-9,14H,1-3,6-7,10-13H2,(H,19,21). The van der Waals surface area contributed by atoms with Gasteiger partial charge in [-0.1, -0.05) is 31.4 Å².